The van der Waals surface area contributed by atoms with E-state index in [0.29, 0.717) is 0 Å². The van der Waals surface area contributed by atoms with Gasteiger partial charge in [-0.3, -0.25) is 15.4 Å². The maximum atomic E-state index is 4.20. The fraction of sp³-hybridized carbons (Fsp3) is 0. The van der Waals surface area contributed by atoms with Crippen molar-refractivity contribution in [2.75, 3.05) is 5.43 Å². The summed E-state index contributed by atoms with van der Waals surface area (Å²) < 4.78 is 0. The topological polar surface area (TPSA) is 50.2 Å². The van der Waals surface area contributed by atoms with Gasteiger partial charge in [0.15, 0.2) is 0 Å². The van der Waals surface area contributed by atoms with Gasteiger partial charge in [0.25, 0.3) is 0 Å². The first-order chi connectivity index (χ1) is 10.4. The first kappa shape index (κ1) is 13.0. The predicted octanol–water partition coefficient (Wildman–Crippen LogP) is 3.59. The number of hydrazone groups is 1. The second-order valence-electron chi connectivity index (χ2n) is 4.47. The van der Waals surface area contributed by atoms with Crippen LogP contribution in [0.4, 0.5) is 5.69 Å². The largest absolute Gasteiger partial charge is 0.279 e. The van der Waals surface area contributed by atoms with Crippen molar-refractivity contribution in [3.63, 3.8) is 0 Å². The fourth-order valence-corrected chi connectivity index (χ4v) is 1.90. The molecule has 1 aromatic carbocycles. The van der Waals surface area contributed by atoms with Gasteiger partial charge in [0, 0.05) is 24.8 Å². The quantitative estimate of drug-likeness (QED) is 0.584. The van der Waals surface area contributed by atoms with Gasteiger partial charge in [-0.1, -0.05) is 18.2 Å². The second-order valence-corrected chi connectivity index (χ2v) is 4.47. The SMILES string of the molecule is C(=N\Nc1ccc(-c2cccnc2)cc1)/c1ccncc1. The van der Waals surface area contributed by atoms with E-state index in [0.717, 1.165) is 22.4 Å². The van der Waals surface area contributed by atoms with E-state index in [1.54, 1.807) is 24.8 Å². The van der Waals surface area contributed by atoms with Gasteiger partial charge in [0.1, 0.15) is 0 Å². The van der Waals surface area contributed by atoms with Crippen molar-refractivity contribution < 1.29 is 0 Å². The number of pyridine rings is 2. The Balaban J connectivity index is 1.66. The molecule has 2 heterocycles. The van der Waals surface area contributed by atoms with E-state index in [1.807, 2.05) is 54.7 Å². The molecule has 102 valence electrons. The summed E-state index contributed by atoms with van der Waals surface area (Å²) >= 11 is 0. The average molecular weight is 274 g/mol. The van der Waals surface area contributed by atoms with Crippen LogP contribution in [0, 0.1) is 0 Å². The highest BCUT2D eigenvalue weighted by atomic mass is 15.3. The molecule has 0 amide bonds. The Hall–Kier alpha value is -3.01. The number of benzene rings is 1. The summed E-state index contributed by atoms with van der Waals surface area (Å²) in [6.45, 7) is 0. The molecular formula is C17H14N4. The Morgan fingerprint density at radius 3 is 2.33 bits per heavy atom. The van der Waals surface area contributed by atoms with Crippen LogP contribution in [0.2, 0.25) is 0 Å². The highest BCUT2D eigenvalue weighted by Gasteiger charge is 1.96. The van der Waals surface area contributed by atoms with Crippen molar-refractivity contribution >= 4 is 11.9 Å². The smallest absolute Gasteiger partial charge is 0.0562 e. The molecule has 0 aliphatic heterocycles. The Kier molecular flexibility index (Phi) is 3.98. The van der Waals surface area contributed by atoms with Crippen molar-refractivity contribution in [3.8, 4) is 11.1 Å². The average Bonchev–Trinajstić information content (AvgIpc) is 2.57. The van der Waals surface area contributed by atoms with E-state index in [9.17, 15) is 0 Å². The van der Waals surface area contributed by atoms with Crippen LogP contribution in [-0.2, 0) is 0 Å². The van der Waals surface area contributed by atoms with Crippen LogP contribution < -0.4 is 5.43 Å². The Morgan fingerprint density at radius 1 is 0.810 bits per heavy atom. The molecule has 0 fully saturated rings. The minimum absolute atomic E-state index is 0.938. The Bertz CT molecular complexity index is 707. The summed E-state index contributed by atoms with van der Waals surface area (Å²) in [5.41, 5.74) is 7.18. The van der Waals surface area contributed by atoms with Gasteiger partial charge < -0.3 is 0 Å². The zero-order chi connectivity index (χ0) is 14.3. The molecule has 0 saturated heterocycles. The number of anilines is 1. The number of aromatic nitrogens is 2. The molecule has 4 nitrogen and oxygen atoms in total. The lowest BCUT2D eigenvalue weighted by Crippen LogP contribution is -1.90. The number of hydrogen-bond donors (Lipinski definition) is 1. The highest BCUT2D eigenvalue weighted by Crippen LogP contribution is 2.20. The summed E-state index contributed by atoms with van der Waals surface area (Å²) in [6.07, 6.45) is 8.86. The molecule has 4 heteroatoms. The normalized spacial score (nSPS) is 10.7. The molecule has 0 radical (unpaired) electrons. The van der Waals surface area contributed by atoms with Crippen molar-refractivity contribution in [1.82, 2.24) is 9.97 Å². The third-order valence-corrected chi connectivity index (χ3v) is 2.99. The third kappa shape index (κ3) is 3.51. The van der Waals surface area contributed by atoms with E-state index in [4.69, 9.17) is 0 Å². The monoisotopic (exact) mass is 274 g/mol. The fourth-order valence-electron chi connectivity index (χ4n) is 1.90. The van der Waals surface area contributed by atoms with Crippen molar-refractivity contribution in [1.29, 1.82) is 0 Å². The van der Waals surface area contributed by atoms with Crippen molar-refractivity contribution in [2.45, 2.75) is 0 Å². The van der Waals surface area contributed by atoms with Crippen LogP contribution in [-0.4, -0.2) is 16.2 Å². The zero-order valence-corrected chi connectivity index (χ0v) is 11.3. The lowest BCUT2D eigenvalue weighted by Gasteiger charge is -2.03. The molecule has 2 aromatic heterocycles. The van der Waals surface area contributed by atoms with Crippen LogP contribution in [0.25, 0.3) is 11.1 Å². The predicted molar refractivity (Wildman–Crippen MR) is 85.1 cm³/mol. The molecule has 0 spiro atoms. The van der Waals surface area contributed by atoms with E-state index in [2.05, 4.69) is 20.5 Å². The summed E-state index contributed by atoms with van der Waals surface area (Å²) in [6, 6.07) is 15.8. The lowest BCUT2D eigenvalue weighted by molar-refractivity contribution is 1.31. The van der Waals surface area contributed by atoms with Gasteiger partial charge in [-0.15, -0.1) is 0 Å². The summed E-state index contributed by atoms with van der Waals surface area (Å²) in [7, 11) is 0. The summed E-state index contributed by atoms with van der Waals surface area (Å²) in [4.78, 5) is 8.09. The van der Waals surface area contributed by atoms with E-state index < -0.39 is 0 Å². The number of hydrogen-bond acceptors (Lipinski definition) is 4. The van der Waals surface area contributed by atoms with Crippen LogP contribution in [0.5, 0.6) is 0 Å². The molecule has 0 atom stereocenters. The van der Waals surface area contributed by atoms with Crippen LogP contribution in [0.1, 0.15) is 5.56 Å². The zero-order valence-electron chi connectivity index (χ0n) is 11.3. The number of nitrogens with zero attached hydrogens (tertiary/aromatic N) is 3. The lowest BCUT2D eigenvalue weighted by atomic mass is 10.1. The van der Waals surface area contributed by atoms with Crippen molar-refractivity contribution in [2.24, 2.45) is 5.10 Å². The Labute approximate surface area is 123 Å². The first-order valence-electron chi connectivity index (χ1n) is 6.61. The summed E-state index contributed by atoms with van der Waals surface area (Å²) in [5, 5.41) is 4.20. The van der Waals surface area contributed by atoms with E-state index >= 15 is 0 Å². The van der Waals surface area contributed by atoms with Gasteiger partial charge in [-0.05, 0) is 47.0 Å². The maximum Gasteiger partial charge on any atom is 0.0562 e. The molecule has 0 bridgehead atoms. The standard InChI is InChI=1S/C17H14N4/c1-2-16(13-19-9-1)15-3-5-17(6-4-15)21-20-12-14-7-10-18-11-8-14/h1-13,21H/b20-12+. The van der Waals surface area contributed by atoms with Crippen LogP contribution in [0.3, 0.4) is 0 Å². The van der Waals surface area contributed by atoms with Crippen LogP contribution in [0.15, 0.2) is 78.4 Å². The van der Waals surface area contributed by atoms with Crippen LogP contribution >= 0.6 is 0 Å². The second kappa shape index (κ2) is 6.43. The third-order valence-electron chi connectivity index (χ3n) is 2.99. The molecule has 1 N–H and O–H groups in total. The van der Waals surface area contributed by atoms with Gasteiger partial charge in [-0.2, -0.15) is 5.10 Å². The van der Waals surface area contributed by atoms with Gasteiger partial charge in [0.05, 0.1) is 11.9 Å². The number of rotatable bonds is 4. The molecule has 0 saturated carbocycles. The molecule has 0 unspecified atom stereocenters. The molecule has 0 aliphatic rings. The van der Waals surface area contributed by atoms with Gasteiger partial charge >= 0.3 is 0 Å². The molecule has 3 rings (SSSR count). The number of nitrogens with one attached hydrogen (secondary N) is 1. The Morgan fingerprint density at radius 2 is 1.62 bits per heavy atom. The molecular weight excluding hydrogens is 260 g/mol. The van der Waals surface area contributed by atoms with Crippen molar-refractivity contribution in [3.05, 3.63) is 78.9 Å². The van der Waals surface area contributed by atoms with Gasteiger partial charge in [-0.25, -0.2) is 0 Å². The molecule has 3 aromatic rings. The maximum absolute atomic E-state index is 4.20. The highest BCUT2D eigenvalue weighted by molar-refractivity contribution is 5.79. The molecule has 21 heavy (non-hydrogen) atoms. The summed E-state index contributed by atoms with van der Waals surface area (Å²) in [5.74, 6) is 0. The van der Waals surface area contributed by atoms with Gasteiger partial charge in [0.2, 0.25) is 0 Å². The minimum atomic E-state index is 0.938. The van der Waals surface area contributed by atoms with E-state index in [1.165, 1.54) is 0 Å². The van der Waals surface area contributed by atoms with E-state index in [-0.39, 0.29) is 0 Å². The minimum Gasteiger partial charge on any atom is -0.279 e. The molecule has 0 aliphatic carbocycles. The first-order valence-corrected chi connectivity index (χ1v) is 6.61.